The number of hydrogen-bond donors (Lipinski definition) is 4. The molecule has 0 spiro atoms. The lowest BCUT2D eigenvalue weighted by molar-refractivity contribution is 0.0999. The average Bonchev–Trinajstić information content (AvgIpc) is 2.25. The highest BCUT2D eigenvalue weighted by Crippen LogP contribution is 2.15. The number of carbonyl (C=O) groups excluding carboxylic acids is 2. The van der Waals surface area contributed by atoms with Gasteiger partial charge < -0.3 is 22.9 Å². The van der Waals surface area contributed by atoms with Gasteiger partial charge in [-0.1, -0.05) is 6.07 Å². The number of benzene rings is 1. The van der Waals surface area contributed by atoms with E-state index < -0.39 is 11.8 Å². The third kappa shape index (κ3) is 2.97. The van der Waals surface area contributed by atoms with E-state index in [9.17, 15) is 9.59 Å². The molecular weight excluding hydrogens is 220 g/mol. The Hall–Kier alpha value is -2.50. The van der Waals surface area contributed by atoms with Gasteiger partial charge in [0.15, 0.2) is 0 Å². The van der Waals surface area contributed by atoms with Crippen molar-refractivity contribution in [3.8, 4) is 0 Å². The zero-order chi connectivity index (χ0) is 13.0. The number of primary amides is 2. The Morgan fingerprint density at radius 3 is 1.82 bits per heavy atom. The molecule has 0 atom stereocenters. The minimum Gasteiger partial charge on any atom is -0.386 e. The predicted octanol–water partition coefficient (Wildman–Crippen LogP) is -0.814. The third-order valence-corrected chi connectivity index (χ3v) is 2.25. The van der Waals surface area contributed by atoms with Crippen LogP contribution < -0.4 is 22.9 Å². The first-order valence-corrected chi connectivity index (χ1v) is 4.86. The normalized spacial score (nSPS) is 9.65. The van der Waals surface area contributed by atoms with E-state index in [1.165, 1.54) is 18.2 Å². The molecule has 0 radical (unpaired) electrons. The Balaban J connectivity index is 3.33. The first-order valence-electron chi connectivity index (χ1n) is 4.86. The van der Waals surface area contributed by atoms with Crippen LogP contribution in [0.3, 0.4) is 0 Å². The fraction of sp³-hybridized carbons (Fsp3) is 0.0909. The van der Waals surface area contributed by atoms with Gasteiger partial charge in [-0.2, -0.15) is 0 Å². The van der Waals surface area contributed by atoms with Gasteiger partial charge in [0.05, 0.1) is 5.82 Å². The summed E-state index contributed by atoms with van der Waals surface area (Å²) < 4.78 is 0. The summed E-state index contributed by atoms with van der Waals surface area (Å²) in [6.07, 6.45) is 1.70. The van der Waals surface area contributed by atoms with Crippen LogP contribution in [0, 0.1) is 0 Å². The smallest absolute Gasteiger partial charge is 0.249 e. The van der Waals surface area contributed by atoms with E-state index in [0.29, 0.717) is 5.56 Å². The second-order valence-corrected chi connectivity index (χ2v) is 3.47. The van der Waals surface area contributed by atoms with Crippen molar-refractivity contribution < 1.29 is 9.59 Å². The molecule has 0 bridgehead atoms. The molecule has 0 fully saturated rings. The van der Waals surface area contributed by atoms with Crippen LogP contribution in [0.15, 0.2) is 30.1 Å². The molecule has 17 heavy (non-hydrogen) atoms. The fourth-order valence-corrected chi connectivity index (χ4v) is 1.49. The lowest BCUT2D eigenvalue weighted by atomic mass is 9.97. The first kappa shape index (κ1) is 12.6. The van der Waals surface area contributed by atoms with Gasteiger partial charge in [0.25, 0.3) is 0 Å². The molecule has 0 saturated carbocycles. The van der Waals surface area contributed by atoms with Crippen molar-refractivity contribution in [2.75, 3.05) is 0 Å². The number of amides is 2. The molecule has 1 aromatic carbocycles. The molecule has 0 unspecified atom stereocenters. The molecule has 0 saturated heterocycles. The molecule has 0 aliphatic rings. The monoisotopic (exact) mass is 234 g/mol. The molecule has 8 N–H and O–H groups in total. The van der Waals surface area contributed by atoms with Crippen molar-refractivity contribution in [1.29, 1.82) is 0 Å². The molecule has 1 rings (SSSR count). The molecular formula is C11H14N4O2. The van der Waals surface area contributed by atoms with E-state index in [2.05, 4.69) is 0 Å². The van der Waals surface area contributed by atoms with E-state index in [4.69, 9.17) is 22.9 Å². The van der Waals surface area contributed by atoms with Gasteiger partial charge in [0.1, 0.15) is 0 Å². The standard InChI is InChI=1S/C11H14N4O2/c12-9(13)5-4-6-7(10(14)16)2-1-3-8(6)11(15)17/h1-3,5H,4,12-13H2,(H2,14,16)(H2,15,17). The van der Waals surface area contributed by atoms with Crippen LogP contribution in [0.4, 0.5) is 0 Å². The summed E-state index contributed by atoms with van der Waals surface area (Å²) in [5.41, 5.74) is 21.9. The van der Waals surface area contributed by atoms with Crippen LogP contribution in [-0.4, -0.2) is 11.8 Å². The molecule has 0 aliphatic carbocycles. The quantitative estimate of drug-likeness (QED) is 0.540. The summed E-state index contributed by atoms with van der Waals surface area (Å²) in [6, 6.07) is 4.58. The second-order valence-electron chi connectivity index (χ2n) is 3.47. The molecule has 90 valence electrons. The van der Waals surface area contributed by atoms with Gasteiger partial charge in [0.2, 0.25) is 11.8 Å². The zero-order valence-corrected chi connectivity index (χ0v) is 9.14. The first-order chi connectivity index (χ1) is 7.93. The van der Waals surface area contributed by atoms with Crippen LogP contribution in [0.5, 0.6) is 0 Å². The van der Waals surface area contributed by atoms with Gasteiger partial charge in [0, 0.05) is 11.1 Å². The van der Waals surface area contributed by atoms with E-state index in [0.717, 1.165) is 0 Å². The molecule has 0 aliphatic heterocycles. The Morgan fingerprint density at radius 2 is 1.47 bits per heavy atom. The summed E-state index contributed by atoms with van der Waals surface area (Å²) >= 11 is 0. The molecule has 1 aromatic rings. The Kier molecular flexibility index (Phi) is 3.71. The summed E-state index contributed by atoms with van der Waals surface area (Å²) in [7, 11) is 0. The van der Waals surface area contributed by atoms with Crippen LogP contribution >= 0.6 is 0 Å². The van der Waals surface area contributed by atoms with Crippen molar-refractivity contribution in [3.63, 3.8) is 0 Å². The Morgan fingerprint density at radius 1 is 1.00 bits per heavy atom. The second kappa shape index (κ2) is 5.02. The minimum atomic E-state index is -0.632. The van der Waals surface area contributed by atoms with E-state index in [1.54, 1.807) is 6.07 Å². The molecule has 2 amide bonds. The van der Waals surface area contributed by atoms with E-state index in [-0.39, 0.29) is 23.4 Å². The number of allylic oxidation sites excluding steroid dienone is 1. The van der Waals surface area contributed by atoms with Crippen molar-refractivity contribution in [3.05, 3.63) is 46.8 Å². The summed E-state index contributed by atoms with van der Waals surface area (Å²) in [6.45, 7) is 0. The lowest BCUT2D eigenvalue weighted by Crippen LogP contribution is -2.20. The highest BCUT2D eigenvalue weighted by molar-refractivity contribution is 6.01. The van der Waals surface area contributed by atoms with Crippen LogP contribution in [0.2, 0.25) is 0 Å². The summed E-state index contributed by atoms with van der Waals surface area (Å²) in [5.74, 6) is -1.17. The lowest BCUT2D eigenvalue weighted by Gasteiger charge is -2.09. The van der Waals surface area contributed by atoms with Gasteiger partial charge in [-0.05, 0) is 30.2 Å². The maximum atomic E-state index is 11.2. The molecule has 6 nitrogen and oxygen atoms in total. The van der Waals surface area contributed by atoms with Crippen molar-refractivity contribution in [1.82, 2.24) is 0 Å². The minimum absolute atomic E-state index is 0.0969. The van der Waals surface area contributed by atoms with Gasteiger partial charge in [-0.25, -0.2) is 0 Å². The summed E-state index contributed by atoms with van der Waals surface area (Å²) in [5, 5.41) is 0. The SMILES string of the molecule is NC(=O)c1cccc(C(N)=O)c1CC=C(N)N. The van der Waals surface area contributed by atoms with Crippen LogP contribution in [0.25, 0.3) is 0 Å². The van der Waals surface area contributed by atoms with E-state index >= 15 is 0 Å². The van der Waals surface area contributed by atoms with Gasteiger partial charge in [-0.15, -0.1) is 0 Å². The van der Waals surface area contributed by atoms with Crippen molar-refractivity contribution in [2.45, 2.75) is 6.42 Å². The maximum absolute atomic E-state index is 11.2. The van der Waals surface area contributed by atoms with Crippen molar-refractivity contribution in [2.24, 2.45) is 22.9 Å². The Labute approximate surface area is 98.2 Å². The fourth-order valence-electron chi connectivity index (χ4n) is 1.49. The highest BCUT2D eigenvalue weighted by Gasteiger charge is 2.14. The van der Waals surface area contributed by atoms with Gasteiger partial charge >= 0.3 is 0 Å². The van der Waals surface area contributed by atoms with E-state index in [1.807, 2.05) is 0 Å². The van der Waals surface area contributed by atoms with Crippen molar-refractivity contribution >= 4 is 11.8 Å². The zero-order valence-electron chi connectivity index (χ0n) is 9.14. The average molecular weight is 234 g/mol. The summed E-state index contributed by atoms with van der Waals surface area (Å²) in [4.78, 5) is 22.5. The predicted molar refractivity (Wildman–Crippen MR) is 63.6 cm³/mol. The molecule has 0 aromatic heterocycles. The topological polar surface area (TPSA) is 138 Å². The number of carbonyl (C=O) groups is 2. The van der Waals surface area contributed by atoms with Crippen LogP contribution in [-0.2, 0) is 6.42 Å². The molecule has 6 heteroatoms. The Bertz CT molecular complexity index is 458. The number of hydrogen-bond acceptors (Lipinski definition) is 4. The largest absolute Gasteiger partial charge is 0.386 e. The number of nitrogens with two attached hydrogens (primary N) is 4. The maximum Gasteiger partial charge on any atom is 0.249 e. The molecule has 0 heterocycles. The van der Waals surface area contributed by atoms with Gasteiger partial charge in [-0.3, -0.25) is 9.59 Å². The highest BCUT2D eigenvalue weighted by atomic mass is 16.1. The number of rotatable bonds is 4. The van der Waals surface area contributed by atoms with Crippen LogP contribution in [0.1, 0.15) is 26.3 Å². The third-order valence-electron chi connectivity index (χ3n) is 2.25.